The van der Waals surface area contributed by atoms with Gasteiger partial charge in [-0.2, -0.15) is 0 Å². The van der Waals surface area contributed by atoms with Gasteiger partial charge in [0.2, 0.25) is 11.8 Å². The summed E-state index contributed by atoms with van der Waals surface area (Å²) in [7, 11) is 0. The number of nitrogens with one attached hydrogen (secondary N) is 2. The largest absolute Gasteiger partial charge is 0.406 e. The van der Waals surface area contributed by atoms with E-state index in [2.05, 4.69) is 27.8 Å². The van der Waals surface area contributed by atoms with Crippen LogP contribution >= 0.6 is 0 Å². The maximum absolute atomic E-state index is 10.8. The summed E-state index contributed by atoms with van der Waals surface area (Å²) >= 11 is 0. The molecule has 96 valence electrons. The zero-order valence-electron chi connectivity index (χ0n) is 10.4. The monoisotopic (exact) mass is 241 g/mol. The van der Waals surface area contributed by atoms with E-state index in [0.29, 0.717) is 5.89 Å². The fourth-order valence-corrected chi connectivity index (χ4v) is 1.17. The van der Waals surface area contributed by atoms with Gasteiger partial charge in [-0.3, -0.25) is 4.79 Å². The zero-order chi connectivity index (χ0) is 12.8. The topological polar surface area (TPSA) is 106 Å². The predicted octanol–water partition coefficient (Wildman–Crippen LogP) is 0.416. The molecule has 1 aromatic rings. The fraction of sp³-hybridized carbons (Fsp3) is 0.700. The third-order valence-electron chi connectivity index (χ3n) is 2.28. The van der Waals surface area contributed by atoms with Crippen molar-refractivity contribution in [3.05, 3.63) is 5.89 Å². The van der Waals surface area contributed by atoms with Gasteiger partial charge in [0.05, 0.1) is 6.04 Å². The minimum atomic E-state index is -0.540. The van der Waals surface area contributed by atoms with E-state index in [1.165, 1.54) is 0 Å². The molecule has 4 N–H and O–H groups in total. The second-order valence-corrected chi connectivity index (χ2v) is 3.89. The van der Waals surface area contributed by atoms with Crippen molar-refractivity contribution in [3.8, 4) is 0 Å². The molecule has 0 aliphatic heterocycles. The lowest BCUT2D eigenvalue weighted by Crippen LogP contribution is -2.32. The molecule has 17 heavy (non-hydrogen) atoms. The first kappa shape index (κ1) is 13.4. The van der Waals surface area contributed by atoms with Gasteiger partial charge in [0.15, 0.2) is 0 Å². The second kappa shape index (κ2) is 6.19. The summed E-state index contributed by atoms with van der Waals surface area (Å²) in [6.07, 6.45) is 1.03. The number of nitrogens with two attached hydrogens (primary N) is 1. The summed E-state index contributed by atoms with van der Waals surface area (Å²) in [6.45, 7) is 6.52. The van der Waals surface area contributed by atoms with Crippen LogP contribution in [0.15, 0.2) is 4.42 Å². The van der Waals surface area contributed by atoms with E-state index >= 15 is 0 Å². The highest BCUT2D eigenvalue weighted by atomic mass is 16.4. The van der Waals surface area contributed by atoms with Gasteiger partial charge in [0.25, 0.3) is 0 Å². The molecule has 0 saturated heterocycles. The predicted molar refractivity (Wildman–Crippen MR) is 63.3 cm³/mol. The van der Waals surface area contributed by atoms with Crippen LogP contribution in [-0.2, 0) is 4.79 Å². The van der Waals surface area contributed by atoms with E-state index in [-0.39, 0.29) is 12.1 Å². The number of primary amides is 1. The number of hydrogen-bond acceptors (Lipinski definition) is 6. The molecule has 0 spiro atoms. The molecule has 1 aromatic heterocycles. The van der Waals surface area contributed by atoms with Crippen LogP contribution < -0.4 is 16.4 Å². The first-order chi connectivity index (χ1) is 8.04. The highest BCUT2D eigenvalue weighted by molar-refractivity contribution is 5.81. The number of hydrogen-bond donors (Lipinski definition) is 3. The van der Waals surface area contributed by atoms with Crippen LogP contribution in [0.5, 0.6) is 0 Å². The van der Waals surface area contributed by atoms with Crippen LogP contribution in [0.4, 0.5) is 6.01 Å². The minimum Gasteiger partial charge on any atom is -0.406 e. The molecule has 2 unspecified atom stereocenters. The second-order valence-electron chi connectivity index (χ2n) is 3.89. The number of amides is 1. The summed E-state index contributed by atoms with van der Waals surface area (Å²) in [5, 5.41) is 13.6. The lowest BCUT2D eigenvalue weighted by atomic mass is 10.3. The van der Waals surface area contributed by atoms with Crippen molar-refractivity contribution in [2.45, 2.75) is 39.3 Å². The van der Waals surface area contributed by atoms with Crippen molar-refractivity contribution >= 4 is 11.9 Å². The van der Waals surface area contributed by atoms with Gasteiger partial charge in [-0.15, -0.1) is 5.10 Å². The Balaban J connectivity index is 2.55. The summed E-state index contributed by atoms with van der Waals surface area (Å²) < 4.78 is 5.36. The molecular formula is C10H19N5O2. The number of anilines is 1. The van der Waals surface area contributed by atoms with Crippen molar-refractivity contribution in [1.82, 2.24) is 15.5 Å². The molecule has 2 atom stereocenters. The first-order valence-corrected chi connectivity index (χ1v) is 5.67. The van der Waals surface area contributed by atoms with Crippen LogP contribution in [0.1, 0.15) is 39.1 Å². The maximum Gasteiger partial charge on any atom is 0.316 e. The summed E-state index contributed by atoms with van der Waals surface area (Å²) in [6, 6.07) is -0.347. The molecule has 0 saturated carbocycles. The molecule has 1 heterocycles. The molecule has 0 radical (unpaired) electrons. The van der Waals surface area contributed by atoms with Gasteiger partial charge < -0.3 is 20.8 Å². The highest BCUT2D eigenvalue weighted by Gasteiger charge is 2.16. The molecular weight excluding hydrogens is 222 g/mol. The Hall–Kier alpha value is -1.63. The SMILES string of the molecule is CCCNC(C)c1nnc(NC(C)C(N)=O)o1. The van der Waals surface area contributed by atoms with Crippen LogP contribution in [0, 0.1) is 0 Å². The summed E-state index contributed by atoms with van der Waals surface area (Å²) in [5.41, 5.74) is 5.11. The number of aromatic nitrogens is 2. The Morgan fingerprint density at radius 2 is 2.18 bits per heavy atom. The van der Waals surface area contributed by atoms with Gasteiger partial charge in [-0.05, 0) is 26.8 Å². The van der Waals surface area contributed by atoms with Crippen LogP contribution in [-0.4, -0.2) is 28.7 Å². The average Bonchev–Trinajstić information content (AvgIpc) is 2.74. The Bertz CT molecular complexity index is 365. The van der Waals surface area contributed by atoms with Gasteiger partial charge >= 0.3 is 6.01 Å². The molecule has 0 aliphatic carbocycles. The Morgan fingerprint density at radius 3 is 2.76 bits per heavy atom. The van der Waals surface area contributed by atoms with E-state index in [9.17, 15) is 4.79 Å². The lowest BCUT2D eigenvalue weighted by Gasteiger charge is -2.08. The Kier molecular flexibility index (Phi) is 4.89. The van der Waals surface area contributed by atoms with Gasteiger partial charge in [-0.25, -0.2) is 0 Å². The third kappa shape index (κ3) is 4.03. The third-order valence-corrected chi connectivity index (χ3v) is 2.28. The van der Waals surface area contributed by atoms with Crippen LogP contribution in [0.3, 0.4) is 0 Å². The number of rotatable bonds is 7. The van der Waals surface area contributed by atoms with Crippen molar-refractivity contribution < 1.29 is 9.21 Å². The minimum absolute atomic E-state index is 0.0121. The number of carbonyl (C=O) groups is 1. The molecule has 7 heteroatoms. The van der Waals surface area contributed by atoms with Gasteiger partial charge in [0, 0.05) is 0 Å². The smallest absolute Gasteiger partial charge is 0.316 e. The van der Waals surface area contributed by atoms with E-state index in [4.69, 9.17) is 10.2 Å². The van der Waals surface area contributed by atoms with E-state index in [1.54, 1.807) is 6.92 Å². The van der Waals surface area contributed by atoms with Gasteiger partial charge in [0.1, 0.15) is 6.04 Å². The molecule has 0 aliphatic rings. The Morgan fingerprint density at radius 1 is 1.47 bits per heavy atom. The standard InChI is InChI=1S/C10H19N5O2/c1-4-5-12-7(3)9-14-15-10(17-9)13-6(2)8(11)16/h6-7,12H,4-5H2,1-3H3,(H2,11,16)(H,13,15). The van der Waals surface area contributed by atoms with Crippen molar-refractivity contribution in [1.29, 1.82) is 0 Å². The molecule has 7 nitrogen and oxygen atoms in total. The van der Waals surface area contributed by atoms with Crippen LogP contribution in [0.2, 0.25) is 0 Å². The maximum atomic E-state index is 10.8. The quantitative estimate of drug-likeness (QED) is 0.638. The van der Waals surface area contributed by atoms with Gasteiger partial charge in [-0.1, -0.05) is 12.0 Å². The van der Waals surface area contributed by atoms with Crippen molar-refractivity contribution in [3.63, 3.8) is 0 Å². The molecule has 0 bridgehead atoms. The van der Waals surface area contributed by atoms with E-state index in [0.717, 1.165) is 13.0 Å². The molecule has 1 rings (SSSR count). The molecule has 1 amide bonds. The van der Waals surface area contributed by atoms with Crippen LogP contribution in [0.25, 0.3) is 0 Å². The van der Waals surface area contributed by atoms with Crippen molar-refractivity contribution in [2.75, 3.05) is 11.9 Å². The fourth-order valence-electron chi connectivity index (χ4n) is 1.17. The first-order valence-electron chi connectivity index (χ1n) is 5.67. The summed E-state index contributed by atoms with van der Waals surface area (Å²) in [4.78, 5) is 10.8. The van der Waals surface area contributed by atoms with Crippen molar-refractivity contribution in [2.24, 2.45) is 5.73 Å². The Labute approximate surface area is 100 Å². The normalized spacial score (nSPS) is 14.3. The number of carbonyl (C=O) groups excluding carboxylic acids is 1. The summed E-state index contributed by atoms with van der Waals surface area (Å²) in [5.74, 6) is 0.0135. The zero-order valence-corrected chi connectivity index (χ0v) is 10.4. The van der Waals surface area contributed by atoms with E-state index in [1.807, 2.05) is 6.92 Å². The molecule has 0 aromatic carbocycles. The number of nitrogens with zero attached hydrogens (tertiary/aromatic N) is 2. The highest BCUT2D eigenvalue weighted by Crippen LogP contribution is 2.13. The lowest BCUT2D eigenvalue weighted by molar-refractivity contribution is -0.118. The van der Waals surface area contributed by atoms with E-state index < -0.39 is 11.9 Å². The average molecular weight is 241 g/mol. The molecule has 0 fully saturated rings.